The molecule has 0 bridgehead atoms. The van der Waals surface area contributed by atoms with Crippen LogP contribution in [0.2, 0.25) is 0 Å². The van der Waals surface area contributed by atoms with E-state index in [9.17, 15) is 9.18 Å². The van der Waals surface area contributed by atoms with Gasteiger partial charge in [0, 0.05) is 18.7 Å². The number of nitrogen functional groups attached to an aromatic ring is 1. The number of hydrogen-bond acceptors (Lipinski definition) is 4. The van der Waals surface area contributed by atoms with Crippen LogP contribution in [-0.4, -0.2) is 25.1 Å². The molecule has 0 aliphatic carbocycles. The highest BCUT2D eigenvalue weighted by atomic mass is 19.1. The van der Waals surface area contributed by atoms with E-state index in [0.29, 0.717) is 18.2 Å². The summed E-state index contributed by atoms with van der Waals surface area (Å²) in [5, 5.41) is 0. The Bertz CT molecular complexity index is 504. The summed E-state index contributed by atoms with van der Waals surface area (Å²) in [7, 11) is 0. The maximum atomic E-state index is 13.9. The molecule has 1 aromatic carbocycles. The highest BCUT2D eigenvalue weighted by Gasteiger charge is 2.18. The van der Waals surface area contributed by atoms with Crippen LogP contribution in [0.1, 0.15) is 27.7 Å². The van der Waals surface area contributed by atoms with Crippen molar-refractivity contribution < 1.29 is 13.9 Å². The minimum atomic E-state index is -0.520. The number of anilines is 2. The molecule has 5 nitrogen and oxygen atoms in total. The third-order valence-electron chi connectivity index (χ3n) is 2.72. The lowest BCUT2D eigenvalue weighted by Crippen LogP contribution is -2.36. The zero-order valence-electron chi connectivity index (χ0n) is 13.0. The number of ether oxygens (including phenoxy) is 1. The van der Waals surface area contributed by atoms with Gasteiger partial charge in [0.25, 0.3) is 0 Å². The third kappa shape index (κ3) is 5.13. The summed E-state index contributed by atoms with van der Waals surface area (Å²) in [4.78, 5) is 13.0. The molecular formula is C15H24FN3O2. The van der Waals surface area contributed by atoms with Crippen molar-refractivity contribution in [2.75, 3.05) is 23.7 Å². The van der Waals surface area contributed by atoms with Crippen molar-refractivity contribution in [2.45, 2.75) is 33.8 Å². The molecule has 4 N–H and O–H groups in total. The topological polar surface area (TPSA) is 81.6 Å². The van der Waals surface area contributed by atoms with Gasteiger partial charge in [-0.25, -0.2) is 4.39 Å². The molecule has 0 saturated carbocycles. The summed E-state index contributed by atoms with van der Waals surface area (Å²) in [6.45, 7) is 8.25. The molecule has 118 valence electrons. The molecule has 0 spiro atoms. The molecule has 0 heterocycles. The zero-order valence-corrected chi connectivity index (χ0v) is 13.0. The molecular weight excluding hydrogens is 273 g/mol. The van der Waals surface area contributed by atoms with Crippen molar-refractivity contribution in [3.8, 4) is 5.75 Å². The van der Waals surface area contributed by atoms with E-state index < -0.39 is 11.7 Å². The standard InChI is InChI=1S/C15H24FN3O2/c1-9(2)7-19(8-15(18)20)13-6-14(21-10(3)4)11(16)5-12(13)17/h5-6,9-10H,7-8,17H2,1-4H3,(H2,18,20). The van der Waals surface area contributed by atoms with Crippen LogP contribution < -0.4 is 21.1 Å². The molecule has 0 radical (unpaired) electrons. The van der Waals surface area contributed by atoms with Crippen molar-refractivity contribution in [1.29, 1.82) is 0 Å². The number of halogens is 1. The van der Waals surface area contributed by atoms with Gasteiger partial charge in [-0.15, -0.1) is 0 Å². The first-order valence-electron chi connectivity index (χ1n) is 6.99. The van der Waals surface area contributed by atoms with Gasteiger partial charge in [-0.2, -0.15) is 0 Å². The molecule has 0 aromatic heterocycles. The van der Waals surface area contributed by atoms with Crippen LogP contribution in [0.4, 0.5) is 15.8 Å². The Kier molecular flexibility index (Phi) is 5.81. The highest BCUT2D eigenvalue weighted by molar-refractivity contribution is 5.82. The molecule has 0 unspecified atom stereocenters. The summed E-state index contributed by atoms with van der Waals surface area (Å²) in [5.41, 5.74) is 12.0. The van der Waals surface area contributed by atoms with Gasteiger partial charge in [0.2, 0.25) is 5.91 Å². The van der Waals surface area contributed by atoms with Gasteiger partial charge in [-0.1, -0.05) is 13.8 Å². The Morgan fingerprint density at radius 2 is 1.95 bits per heavy atom. The van der Waals surface area contributed by atoms with Gasteiger partial charge >= 0.3 is 0 Å². The minimum absolute atomic E-state index is 0.0229. The maximum absolute atomic E-state index is 13.9. The van der Waals surface area contributed by atoms with Crippen molar-refractivity contribution >= 4 is 17.3 Å². The van der Waals surface area contributed by atoms with Gasteiger partial charge in [0.1, 0.15) is 0 Å². The van der Waals surface area contributed by atoms with E-state index in [1.807, 2.05) is 27.7 Å². The average molecular weight is 297 g/mol. The van der Waals surface area contributed by atoms with Gasteiger partial charge < -0.3 is 21.1 Å². The fourth-order valence-electron chi connectivity index (χ4n) is 2.05. The molecule has 0 atom stereocenters. The fourth-order valence-corrected chi connectivity index (χ4v) is 2.05. The van der Waals surface area contributed by atoms with Crippen LogP contribution in [0.15, 0.2) is 12.1 Å². The van der Waals surface area contributed by atoms with E-state index in [1.165, 1.54) is 12.1 Å². The smallest absolute Gasteiger partial charge is 0.236 e. The lowest BCUT2D eigenvalue weighted by molar-refractivity contribution is -0.116. The lowest BCUT2D eigenvalue weighted by Gasteiger charge is -2.27. The summed E-state index contributed by atoms with van der Waals surface area (Å²) in [6, 6.07) is 2.73. The SMILES string of the molecule is CC(C)CN(CC(N)=O)c1cc(OC(C)C)c(F)cc1N. The average Bonchev–Trinajstić information content (AvgIpc) is 2.30. The monoisotopic (exact) mass is 297 g/mol. The Morgan fingerprint density at radius 1 is 1.33 bits per heavy atom. The molecule has 0 aliphatic heterocycles. The second-order valence-electron chi connectivity index (χ2n) is 5.75. The normalized spacial score (nSPS) is 11.0. The second kappa shape index (κ2) is 7.15. The fraction of sp³-hybridized carbons (Fsp3) is 0.533. The van der Waals surface area contributed by atoms with Crippen molar-refractivity contribution in [3.05, 3.63) is 17.9 Å². The first-order valence-corrected chi connectivity index (χ1v) is 6.99. The van der Waals surface area contributed by atoms with Gasteiger partial charge in [0.15, 0.2) is 11.6 Å². The van der Waals surface area contributed by atoms with E-state index in [0.717, 1.165) is 0 Å². The zero-order chi connectivity index (χ0) is 16.2. The minimum Gasteiger partial charge on any atom is -0.488 e. The van der Waals surface area contributed by atoms with Gasteiger partial charge in [-0.05, 0) is 19.8 Å². The number of primary amides is 1. The summed E-state index contributed by atoms with van der Waals surface area (Å²) in [6.07, 6.45) is -0.161. The molecule has 1 amide bonds. The molecule has 0 aliphatic rings. The molecule has 1 rings (SSSR count). The number of carbonyl (C=O) groups excluding carboxylic acids is 1. The second-order valence-corrected chi connectivity index (χ2v) is 5.75. The summed E-state index contributed by atoms with van der Waals surface area (Å²) < 4.78 is 19.3. The molecule has 21 heavy (non-hydrogen) atoms. The van der Waals surface area contributed by atoms with E-state index >= 15 is 0 Å². The lowest BCUT2D eigenvalue weighted by atomic mass is 10.1. The van der Waals surface area contributed by atoms with Crippen LogP contribution in [-0.2, 0) is 4.79 Å². The first kappa shape index (κ1) is 17.1. The van der Waals surface area contributed by atoms with E-state index in [4.69, 9.17) is 16.2 Å². The van der Waals surface area contributed by atoms with Crippen LogP contribution >= 0.6 is 0 Å². The highest BCUT2D eigenvalue weighted by Crippen LogP contribution is 2.32. The number of nitrogens with two attached hydrogens (primary N) is 2. The maximum Gasteiger partial charge on any atom is 0.236 e. The number of rotatable bonds is 7. The van der Waals surface area contributed by atoms with Crippen molar-refractivity contribution in [3.63, 3.8) is 0 Å². The quantitative estimate of drug-likeness (QED) is 0.755. The van der Waals surface area contributed by atoms with Gasteiger partial charge in [0.05, 0.1) is 24.0 Å². The van der Waals surface area contributed by atoms with Gasteiger partial charge in [-0.3, -0.25) is 4.79 Å². The first-order chi connectivity index (χ1) is 9.70. The van der Waals surface area contributed by atoms with Crippen LogP contribution in [0.3, 0.4) is 0 Å². The third-order valence-corrected chi connectivity index (χ3v) is 2.72. The Labute approximate surface area is 125 Å². The number of benzene rings is 1. The van der Waals surface area contributed by atoms with Crippen LogP contribution in [0.25, 0.3) is 0 Å². The largest absolute Gasteiger partial charge is 0.488 e. The Morgan fingerprint density at radius 3 is 2.43 bits per heavy atom. The summed E-state index contributed by atoms with van der Waals surface area (Å²) in [5.74, 6) is -0.574. The van der Waals surface area contributed by atoms with E-state index in [2.05, 4.69) is 0 Å². The Balaban J connectivity index is 3.19. The number of amides is 1. The molecule has 0 fully saturated rings. The Hall–Kier alpha value is -1.98. The molecule has 0 saturated heterocycles. The van der Waals surface area contributed by atoms with Crippen LogP contribution in [0, 0.1) is 11.7 Å². The van der Waals surface area contributed by atoms with E-state index in [-0.39, 0.29) is 24.1 Å². The predicted molar refractivity (Wildman–Crippen MR) is 82.8 cm³/mol. The van der Waals surface area contributed by atoms with Crippen LogP contribution in [0.5, 0.6) is 5.75 Å². The van der Waals surface area contributed by atoms with Crippen molar-refractivity contribution in [2.24, 2.45) is 11.7 Å². The van der Waals surface area contributed by atoms with E-state index in [1.54, 1.807) is 4.90 Å². The number of hydrogen-bond donors (Lipinski definition) is 2. The number of carbonyl (C=O) groups is 1. The number of nitrogens with zero attached hydrogens (tertiary/aromatic N) is 1. The molecule has 1 aromatic rings. The predicted octanol–water partition coefficient (Wildman–Crippen LogP) is 2.14. The summed E-state index contributed by atoms with van der Waals surface area (Å²) >= 11 is 0. The molecule has 6 heteroatoms. The van der Waals surface area contributed by atoms with Crippen molar-refractivity contribution in [1.82, 2.24) is 0 Å².